The molecule has 0 aliphatic heterocycles. The number of aromatic nitrogens is 2. The third kappa shape index (κ3) is 0.932. The highest BCUT2D eigenvalue weighted by molar-refractivity contribution is 9.10. The fraction of sp³-hybridized carbons (Fsp3) is 0. The van der Waals surface area contributed by atoms with Gasteiger partial charge in [-0.05, 0) is 33.5 Å². The van der Waals surface area contributed by atoms with Crippen LogP contribution < -0.4 is 0 Å². The van der Waals surface area contributed by atoms with E-state index in [9.17, 15) is 0 Å². The Morgan fingerprint density at radius 2 is 2.30 bits per heavy atom. The fourth-order valence-corrected chi connectivity index (χ4v) is 1.65. The van der Waals surface area contributed by atoms with Crippen molar-refractivity contribution in [2.75, 3.05) is 0 Å². The lowest BCUT2D eigenvalue weighted by Gasteiger charge is -1.86. The van der Waals surface area contributed by atoms with Gasteiger partial charge in [-0.2, -0.15) is 4.37 Å². The molecule has 0 amide bonds. The second kappa shape index (κ2) is 2.29. The molecule has 0 fully saturated rings. The summed E-state index contributed by atoms with van der Waals surface area (Å²) in [5, 5.41) is 1.93. The number of hydrogen-bond donors (Lipinski definition) is 0. The lowest BCUT2D eigenvalue weighted by Crippen LogP contribution is -1.72. The zero-order chi connectivity index (χ0) is 6.97. The fourth-order valence-electron chi connectivity index (χ4n) is 0.736. The first kappa shape index (κ1) is 6.24. The molecule has 0 bridgehead atoms. The zero-order valence-corrected chi connectivity index (χ0v) is 7.32. The molecule has 0 atom stereocenters. The summed E-state index contributed by atoms with van der Waals surface area (Å²) in [4.78, 5) is 4.14. The van der Waals surface area contributed by atoms with E-state index in [0.717, 1.165) is 15.5 Å². The molecule has 4 heteroatoms. The van der Waals surface area contributed by atoms with Gasteiger partial charge in [0.25, 0.3) is 0 Å². The van der Waals surface area contributed by atoms with Crippen LogP contribution in [0.15, 0.2) is 22.1 Å². The smallest absolute Gasteiger partial charge is 0.104 e. The van der Waals surface area contributed by atoms with E-state index in [2.05, 4.69) is 25.3 Å². The molecule has 50 valence electrons. The van der Waals surface area contributed by atoms with Crippen LogP contribution in [0.4, 0.5) is 0 Å². The van der Waals surface area contributed by atoms with Crippen LogP contribution in [0.2, 0.25) is 0 Å². The Bertz CT molecular complexity index is 357. The Morgan fingerprint density at radius 3 is 3.20 bits per heavy atom. The molecule has 2 rings (SSSR count). The molecule has 0 saturated carbocycles. The maximum Gasteiger partial charge on any atom is 0.104 e. The van der Waals surface area contributed by atoms with Crippen molar-refractivity contribution in [1.29, 1.82) is 0 Å². The van der Waals surface area contributed by atoms with Crippen LogP contribution in [0, 0.1) is 0 Å². The Kier molecular flexibility index (Phi) is 1.43. The second-order valence-corrected chi connectivity index (χ2v) is 3.42. The molecule has 0 unspecified atom stereocenters. The summed E-state index contributed by atoms with van der Waals surface area (Å²) in [7, 11) is 0. The minimum atomic E-state index is 0.958. The first-order valence-corrected chi connectivity index (χ1v) is 4.35. The first-order valence-electron chi connectivity index (χ1n) is 2.72. The van der Waals surface area contributed by atoms with Gasteiger partial charge in [-0.1, -0.05) is 0 Å². The van der Waals surface area contributed by atoms with Crippen LogP contribution in [0.5, 0.6) is 0 Å². The molecule has 0 radical (unpaired) electrons. The Morgan fingerprint density at radius 1 is 1.40 bits per heavy atom. The number of hydrogen-bond acceptors (Lipinski definition) is 3. The molecule has 2 heterocycles. The summed E-state index contributed by atoms with van der Waals surface area (Å²) in [5.74, 6) is 0. The van der Waals surface area contributed by atoms with Gasteiger partial charge in [0, 0.05) is 16.0 Å². The van der Waals surface area contributed by atoms with Crippen molar-refractivity contribution in [3.8, 4) is 0 Å². The SMILES string of the molecule is Brc1cnc2csnc2c1. The van der Waals surface area contributed by atoms with Gasteiger partial charge in [-0.3, -0.25) is 4.98 Å². The maximum atomic E-state index is 4.14. The zero-order valence-electron chi connectivity index (χ0n) is 4.91. The molecule has 0 aromatic carbocycles. The number of fused-ring (bicyclic) bond motifs is 1. The van der Waals surface area contributed by atoms with E-state index in [-0.39, 0.29) is 0 Å². The van der Waals surface area contributed by atoms with E-state index in [1.54, 1.807) is 6.20 Å². The second-order valence-electron chi connectivity index (χ2n) is 1.87. The van der Waals surface area contributed by atoms with Crippen LogP contribution in [-0.4, -0.2) is 9.36 Å². The highest BCUT2D eigenvalue weighted by atomic mass is 79.9. The van der Waals surface area contributed by atoms with E-state index in [1.807, 2.05) is 11.4 Å². The van der Waals surface area contributed by atoms with Crippen molar-refractivity contribution in [3.63, 3.8) is 0 Å². The third-order valence-corrected chi connectivity index (χ3v) is 2.24. The molecular weight excluding hydrogens is 212 g/mol. The molecule has 0 aliphatic carbocycles. The highest BCUT2D eigenvalue weighted by Gasteiger charge is 1.95. The van der Waals surface area contributed by atoms with E-state index in [4.69, 9.17) is 0 Å². The monoisotopic (exact) mass is 214 g/mol. The summed E-state index contributed by atoms with van der Waals surface area (Å²) in [6.07, 6.45) is 1.77. The van der Waals surface area contributed by atoms with E-state index >= 15 is 0 Å². The number of pyridine rings is 1. The average molecular weight is 215 g/mol. The van der Waals surface area contributed by atoms with Crippen molar-refractivity contribution < 1.29 is 0 Å². The normalized spacial score (nSPS) is 10.5. The Labute approximate surface area is 70.2 Å². The quantitative estimate of drug-likeness (QED) is 0.674. The first-order chi connectivity index (χ1) is 4.86. The Hall–Kier alpha value is -0.480. The van der Waals surface area contributed by atoms with Gasteiger partial charge >= 0.3 is 0 Å². The van der Waals surface area contributed by atoms with Gasteiger partial charge in [0.2, 0.25) is 0 Å². The third-order valence-electron chi connectivity index (χ3n) is 1.18. The van der Waals surface area contributed by atoms with Crippen LogP contribution in [0.25, 0.3) is 11.0 Å². The predicted molar refractivity (Wildman–Crippen MR) is 45.1 cm³/mol. The van der Waals surface area contributed by atoms with Gasteiger partial charge in [0.15, 0.2) is 0 Å². The summed E-state index contributed by atoms with van der Waals surface area (Å²) >= 11 is 4.75. The van der Waals surface area contributed by atoms with Gasteiger partial charge in [0.05, 0.1) is 0 Å². The van der Waals surface area contributed by atoms with Crippen LogP contribution in [0.1, 0.15) is 0 Å². The van der Waals surface area contributed by atoms with Gasteiger partial charge in [-0.25, -0.2) is 0 Å². The van der Waals surface area contributed by atoms with Crippen molar-refractivity contribution >= 4 is 38.5 Å². The minimum Gasteiger partial charge on any atom is -0.252 e. The molecule has 10 heavy (non-hydrogen) atoms. The van der Waals surface area contributed by atoms with E-state index in [0.29, 0.717) is 0 Å². The van der Waals surface area contributed by atoms with Crippen molar-refractivity contribution in [2.24, 2.45) is 0 Å². The standard InChI is InChI=1S/C6H3BrN2S/c7-4-1-5-6(8-2-4)3-10-9-5/h1-3H. The van der Waals surface area contributed by atoms with E-state index in [1.165, 1.54) is 11.5 Å². The van der Waals surface area contributed by atoms with Crippen LogP contribution >= 0.6 is 27.5 Å². The van der Waals surface area contributed by atoms with Crippen LogP contribution in [0.3, 0.4) is 0 Å². The summed E-state index contributed by atoms with van der Waals surface area (Å²) < 4.78 is 5.11. The topological polar surface area (TPSA) is 25.8 Å². The number of halogens is 1. The Balaban J connectivity index is 2.86. The highest BCUT2D eigenvalue weighted by Crippen LogP contribution is 2.16. The molecule has 0 N–H and O–H groups in total. The molecule has 2 aromatic rings. The van der Waals surface area contributed by atoms with E-state index < -0.39 is 0 Å². The van der Waals surface area contributed by atoms with Gasteiger partial charge in [0.1, 0.15) is 11.0 Å². The lowest BCUT2D eigenvalue weighted by atomic mass is 10.4. The van der Waals surface area contributed by atoms with Gasteiger partial charge < -0.3 is 0 Å². The molecule has 2 nitrogen and oxygen atoms in total. The summed E-state index contributed by atoms with van der Waals surface area (Å²) in [6, 6.07) is 1.96. The predicted octanol–water partition coefficient (Wildman–Crippen LogP) is 2.45. The van der Waals surface area contributed by atoms with Crippen molar-refractivity contribution in [3.05, 3.63) is 22.1 Å². The molecular formula is C6H3BrN2S. The maximum absolute atomic E-state index is 4.14. The largest absolute Gasteiger partial charge is 0.252 e. The van der Waals surface area contributed by atoms with Crippen molar-refractivity contribution in [1.82, 2.24) is 9.36 Å². The number of nitrogens with zero attached hydrogens (tertiary/aromatic N) is 2. The number of rotatable bonds is 0. The minimum absolute atomic E-state index is 0.958. The molecule has 0 spiro atoms. The van der Waals surface area contributed by atoms with Gasteiger partial charge in [-0.15, -0.1) is 0 Å². The van der Waals surface area contributed by atoms with Crippen molar-refractivity contribution in [2.45, 2.75) is 0 Å². The molecule has 0 aliphatic rings. The van der Waals surface area contributed by atoms with Crippen LogP contribution in [-0.2, 0) is 0 Å². The average Bonchev–Trinajstić information content (AvgIpc) is 2.33. The molecule has 0 saturated heterocycles. The summed E-state index contributed by atoms with van der Waals surface area (Å²) in [5.41, 5.74) is 1.92. The summed E-state index contributed by atoms with van der Waals surface area (Å²) in [6.45, 7) is 0. The molecule has 2 aromatic heterocycles. The lowest BCUT2D eigenvalue weighted by molar-refractivity contribution is 1.39.